The van der Waals surface area contributed by atoms with Gasteiger partial charge in [-0.2, -0.15) is 0 Å². The molecular weight excluding hydrogens is 408 g/mol. The summed E-state index contributed by atoms with van der Waals surface area (Å²) in [6.07, 6.45) is 6.61. The van der Waals surface area contributed by atoms with Gasteiger partial charge in [-0.05, 0) is 75.1 Å². The molecule has 2 aromatic carbocycles. The number of anilines is 1. The normalized spacial score (nSPS) is 21.5. The number of carbonyl (C=O) groups is 1. The maximum atomic E-state index is 13.2. The third-order valence-corrected chi connectivity index (χ3v) is 8.37. The lowest BCUT2D eigenvalue weighted by molar-refractivity contribution is -0.119. The van der Waals surface area contributed by atoms with Crippen LogP contribution in [0.15, 0.2) is 48.5 Å². The van der Waals surface area contributed by atoms with E-state index in [-0.39, 0.29) is 23.1 Å². The number of nitrogens with zero attached hydrogens (tertiary/aromatic N) is 2. The Morgan fingerprint density at radius 2 is 1.70 bits per heavy atom. The molecule has 3 heterocycles. The molecular formula is C29H38N2O2. The van der Waals surface area contributed by atoms with E-state index in [2.05, 4.69) is 79.1 Å². The molecule has 1 saturated heterocycles. The first-order chi connectivity index (χ1) is 15.9. The van der Waals surface area contributed by atoms with E-state index < -0.39 is 0 Å². The second-order valence-corrected chi connectivity index (χ2v) is 10.8. The van der Waals surface area contributed by atoms with Crippen LogP contribution in [0.2, 0.25) is 0 Å². The lowest BCUT2D eigenvalue weighted by Crippen LogP contribution is -2.55. The topological polar surface area (TPSA) is 32.8 Å². The number of hydrogen-bond donors (Lipinski definition) is 0. The monoisotopic (exact) mass is 446 g/mol. The van der Waals surface area contributed by atoms with Crippen molar-refractivity contribution in [2.24, 2.45) is 0 Å². The highest BCUT2D eigenvalue weighted by Gasteiger charge is 2.45. The van der Waals surface area contributed by atoms with Gasteiger partial charge in [0, 0.05) is 36.8 Å². The fourth-order valence-electron chi connectivity index (χ4n) is 6.44. The minimum atomic E-state index is -0.104. The molecule has 0 N–H and O–H groups in total. The van der Waals surface area contributed by atoms with Gasteiger partial charge >= 0.3 is 0 Å². The number of piperidine rings is 1. The summed E-state index contributed by atoms with van der Waals surface area (Å²) in [6.45, 7) is 9.77. The van der Waals surface area contributed by atoms with Gasteiger partial charge in [-0.15, -0.1) is 0 Å². The molecule has 0 bridgehead atoms. The highest BCUT2D eigenvalue weighted by atomic mass is 16.5. The average molecular weight is 447 g/mol. The first-order valence-corrected chi connectivity index (χ1v) is 12.8. The lowest BCUT2D eigenvalue weighted by Gasteiger charge is -2.48. The summed E-state index contributed by atoms with van der Waals surface area (Å²) in [7, 11) is 0. The van der Waals surface area contributed by atoms with Crippen molar-refractivity contribution < 1.29 is 9.53 Å². The van der Waals surface area contributed by atoms with Gasteiger partial charge in [-0.3, -0.25) is 9.69 Å². The zero-order chi connectivity index (χ0) is 23.1. The molecule has 1 amide bonds. The summed E-state index contributed by atoms with van der Waals surface area (Å²) in [5.74, 6) is 0.288. The molecule has 0 radical (unpaired) electrons. The van der Waals surface area contributed by atoms with Crippen LogP contribution in [0.5, 0.6) is 0 Å². The standard InChI is InChI=1S/C29H38N2O2/c1-4-24(31-26-14-8-6-10-22(26)12-9-15-27(31)32)20-28(2,3)30-18-16-29(17-19-30)25-13-7-5-11-23(25)21-33-29/h5-8,10-11,13-14,24H,4,9,12,15-21H2,1-3H3. The van der Waals surface area contributed by atoms with Gasteiger partial charge in [-0.1, -0.05) is 49.4 Å². The fraction of sp³-hybridized carbons (Fsp3) is 0.552. The SMILES string of the molecule is CCC(CC(C)(C)N1CCC2(CC1)OCc1ccccc12)N1C(=O)CCCc2ccccc21. The molecule has 4 heteroatoms. The van der Waals surface area contributed by atoms with Crippen molar-refractivity contribution in [2.75, 3.05) is 18.0 Å². The number of fused-ring (bicyclic) bond motifs is 3. The van der Waals surface area contributed by atoms with Gasteiger partial charge in [0.05, 0.1) is 12.2 Å². The Bertz CT molecular complexity index is 1010. The van der Waals surface area contributed by atoms with E-state index >= 15 is 0 Å². The zero-order valence-corrected chi connectivity index (χ0v) is 20.5. The number of rotatable bonds is 5. The average Bonchev–Trinajstić information content (AvgIpc) is 3.08. The van der Waals surface area contributed by atoms with E-state index in [1.807, 2.05) is 0 Å². The molecule has 4 nitrogen and oxygen atoms in total. The number of carbonyl (C=O) groups excluding carboxylic acids is 1. The van der Waals surface area contributed by atoms with Crippen molar-refractivity contribution in [3.63, 3.8) is 0 Å². The molecule has 3 aliphatic heterocycles. The molecule has 176 valence electrons. The molecule has 0 saturated carbocycles. The smallest absolute Gasteiger partial charge is 0.227 e. The summed E-state index contributed by atoms with van der Waals surface area (Å²) in [5, 5.41) is 0. The molecule has 3 aliphatic rings. The van der Waals surface area contributed by atoms with Crippen LogP contribution in [-0.2, 0) is 28.2 Å². The van der Waals surface area contributed by atoms with Crippen LogP contribution in [0.1, 0.15) is 76.0 Å². The highest BCUT2D eigenvalue weighted by molar-refractivity contribution is 5.95. The number of amides is 1. The van der Waals surface area contributed by atoms with Crippen LogP contribution >= 0.6 is 0 Å². The predicted octanol–water partition coefficient (Wildman–Crippen LogP) is 5.82. The summed E-state index contributed by atoms with van der Waals surface area (Å²) in [5.41, 5.74) is 5.12. The summed E-state index contributed by atoms with van der Waals surface area (Å²) in [4.78, 5) is 18.0. The Morgan fingerprint density at radius 3 is 2.45 bits per heavy atom. The Balaban J connectivity index is 1.32. The minimum Gasteiger partial charge on any atom is -0.365 e. The lowest BCUT2D eigenvalue weighted by atomic mass is 9.81. The van der Waals surface area contributed by atoms with Crippen LogP contribution in [-0.4, -0.2) is 35.5 Å². The van der Waals surface area contributed by atoms with Crippen LogP contribution in [0.25, 0.3) is 0 Å². The quantitative estimate of drug-likeness (QED) is 0.580. The second kappa shape index (κ2) is 8.88. The maximum absolute atomic E-state index is 13.2. The van der Waals surface area contributed by atoms with Crippen molar-refractivity contribution in [2.45, 2.75) is 89.5 Å². The molecule has 0 aliphatic carbocycles. The Labute approximate surface area is 198 Å². The van der Waals surface area contributed by atoms with E-state index in [9.17, 15) is 4.79 Å². The van der Waals surface area contributed by atoms with E-state index in [4.69, 9.17) is 4.74 Å². The van der Waals surface area contributed by atoms with E-state index in [1.165, 1.54) is 16.7 Å². The first kappa shape index (κ1) is 22.6. The largest absolute Gasteiger partial charge is 0.365 e. The van der Waals surface area contributed by atoms with Crippen LogP contribution in [0, 0.1) is 0 Å². The fourth-order valence-corrected chi connectivity index (χ4v) is 6.44. The molecule has 0 aromatic heterocycles. The number of benzene rings is 2. The highest BCUT2D eigenvalue weighted by Crippen LogP contribution is 2.45. The van der Waals surface area contributed by atoms with Gasteiger partial charge in [-0.25, -0.2) is 0 Å². The first-order valence-electron chi connectivity index (χ1n) is 12.8. The minimum absolute atomic E-state index is 0.0158. The number of para-hydroxylation sites is 1. The van der Waals surface area contributed by atoms with E-state index in [1.54, 1.807) is 0 Å². The predicted molar refractivity (Wildman–Crippen MR) is 133 cm³/mol. The third-order valence-electron chi connectivity index (χ3n) is 8.37. The maximum Gasteiger partial charge on any atom is 0.227 e. The summed E-state index contributed by atoms with van der Waals surface area (Å²) < 4.78 is 6.40. The Kier molecular flexibility index (Phi) is 6.09. The van der Waals surface area contributed by atoms with Gasteiger partial charge in [0.1, 0.15) is 0 Å². The summed E-state index contributed by atoms with van der Waals surface area (Å²) in [6, 6.07) is 17.5. The van der Waals surface area contributed by atoms with Crippen molar-refractivity contribution in [1.82, 2.24) is 4.90 Å². The molecule has 5 rings (SSSR count). The van der Waals surface area contributed by atoms with E-state index in [0.29, 0.717) is 6.42 Å². The second-order valence-electron chi connectivity index (χ2n) is 10.8. The number of ether oxygens (including phenoxy) is 1. The van der Waals surface area contributed by atoms with Crippen LogP contribution < -0.4 is 4.90 Å². The third kappa shape index (κ3) is 4.13. The van der Waals surface area contributed by atoms with Gasteiger partial charge in [0.15, 0.2) is 0 Å². The molecule has 1 atom stereocenters. The molecule has 33 heavy (non-hydrogen) atoms. The zero-order valence-electron chi connectivity index (χ0n) is 20.5. The Morgan fingerprint density at radius 1 is 1.00 bits per heavy atom. The van der Waals surface area contributed by atoms with Crippen molar-refractivity contribution in [3.05, 3.63) is 65.2 Å². The molecule has 1 spiro atoms. The van der Waals surface area contributed by atoms with Crippen molar-refractivity contribution in [3.8, 4) is 0 Å². The van der Waals surface area contributed by atoms with Crippen LogP contribution in [0.3, 0.4) is 0 Å². The number of hydrogen-bond acceptors (Lipinski definition) is 3. The Hall–Kier alpha value is -2.17. The number of aryl methyl sites for hydroxylation is 1. The number of likely N-dealkylation sites (tertiary alicyclic amines) is 1. The van der Waals surface area contributed by atoms with Crippen LogP contribution in [0.4, 0.5) is 5.69 Å². The van der Waals surface area contributed by atoms with Crippen molar-refractivity contribution >= 4 is 11.6 Å². The van der Waals surface area contributed by atoms with Gasteiger partial charge in [0.25, 0.3) is 0 Å². The summed E-state index contributed by atoms with van der Waals surface area (Å²) >= 11 is 0. The molecule has 1 unspecified atom stereocenters. The van der Waals surface area contributed by atoms with E-state index in [0.717, 1.165) is 63.9 Å². The van der Waals surface area contributed by atoms with Gasteiger partial charge < -0.3 is 9.64 Å². The van der Waals surface area contributed by atoms with Gasteiger partial charge in [0.2, 0.25) is 5.91 Å². The molecule has 2 aromatic rings. The molecule has 1 fully saturated rings. The van der Waals surface area contributed by atoms with Crippen molar-refractivity contribution in [1.29, 1.82) is 0 Å².